The SMILES string of the molecule is Cc1nc2c(ncn2[C@@H]2O[C@H](CNS(=O)(=O)N[C@H]3C[C@H](n4cnc5c(=O)[nH]c(N)nc54)O[C@@H]3CO)[C@@H](O)[C@H]2O)c(=O)[nH]1. The van der Waals surface area contributed by atoms with Crippen molar-refractivity contribution >= 4 is 38.5 Å². The number of aliphatic hydroxyl groups excluding tert-OH is 3. The zero-order chi connectivity index (χ0) is 29.9. The Hall–Kier alpha value is -3.83. The molecular weight excluding hydrogens is 582 g/mol. The molecule has 0 saturated carbocycles. The Morgan fingerprint density at radius 2 is 1.69 bits per heavy atom. The Morgan fingerprint density at radius 3 is 2.40 bits per heavy atom. The van der Waals surface area contributed by atoms with Crippen molar-refractivity contribution in [2.45, 2.75) is 56.3 Å². The molecule has 2 aliphatic rings. The van der Waals surface area contributed by atoms with Gasteiger partial charge in [0.2, 0.25) is 5.95 Å². The molecule has 6 heterocycles. The smallest absolute Gasteiger partial charge is 0.280 e. The number of fused-ring (bicyclic) bond motifs is 2. The van der Waals surface area contributed by atoms with E-state index in [1.165, 1.54) is 21.8 Å². The second kappa shape index (κ2) is 10.5. The largest absolute Gasteiger partial charge is 0.394 e. The molecule has 9 N–H and O–H groups in total. The van der Waals surface area contributed by atoms with Crippen LogP contribution in [-0.2, 0) is 19.7 Å². The minimum Gasteiger partial charge on any atom is -0.394 e. The Balaban J connectivity index is 1.13. The van der Waals surface area contributed by atoms with E-state index in [0.29, 0.717) is 5.82 Å². The summed E-state index contributed by atoms with van der Waals surface area (Å²) in [6.45, 7) is 0.594. The maximum atomic E-state index is 12.9. The maximum absolute atomic E-state index is 12.9. The summed E-state index contributed by atoms with van der Waals surface area (Å²) in [6.07, 6.45) is -4.61. The van der Waals surface area contributed by atoms with Crippen LogP contribution >= 0.6 is 0 Å². The summed E-state index contributed by atoms with van der Waals surface area (Å²) >= 11 is 0. The first-order valence-electron chi connectivity index (χ1n) is 12.7. The number of nitrogens with two attached hydrogens (primary N) is 1. The standard InChI is InChI=1S/C21H27N11O9S/c1-7-26-16-12(18(36)27-7)24-6-32(16)20-15(35)14(34)9(41-20)3-25-42(38,39)30-8-2-11(40-10(8)4-33)31-5-23-13-17(31)28-21(22)29-19(13)37/h5-6,8-11,14-15,20,25,30,33-35H,2-4H2,1H3,(H,26,27,36)(H3,22,28,29,37)/t8-,9+,10+,11+,14+,15+,20+/m0/s1. The molecule has 6 rings (SSSR count). The van der Waals surface area contributed by atoms with E-state index in [-0.39, 0.29) is 34.7 Å². The number of aliphatic hydroxyl groups is 3. The second-order valence-electron chi connectivity index (χ2n) is 9.92. The van der Waals surface area contributed by atoms with E-state index in [9.17, 15) is 33.3 Å². The topological polar surface area (TPSA) is 291 Å². The van der Waals surface area contributed by atoms with Gasteiger partial charge in [0, 0.05) is 13.0 Å². The zero-order valence-electron chi connectivity index (χ0n) is 21.8. The van der Waals surface area contributed by atoms with Gasteiger partial charge in [-0.05, 0) is 6.92 Å². The normalized spacial score (nSPS) is 28.3. The van der Waals surface area contributed by atoms with Crippen molar-refractivity contribution in [1.29, 1.82) is 0 Å². The highest BCUT2D eigenvalue weighted by Gasteiger charge is 2.45. The lowest BCUT2D eigenvalue weighted by molar-refractivity contribution is -0.0330. The molecule has 4 aromatic rings. The molecule has 0 aliphatic carbocycles. The number of anilines is 1. The third kappa shape index (κ3) is 4.94. The molecule has 42 heavy (non-hydrogen) atoms. The van der Waals surface area contributed by atoms with Crippen LogP contribution < -0.4 is 26.3 Å². The molecule has 226 valence electrons. The fourth-order valence-electron chi connectivity index (χ4n) is 5.13. The summed E-state index contributed by atoms with van der Waals surface area (Å²) < 4.78 is 44.8. The molecule has 7 atom stereocenters. The Labute approximate surface area is 234 Å². The highest BCUT2D eigenvalue weighted by molar-refractivity contribution is 7.87. The number of imidazole rings is 2. The first-order chi connectivity index (χ1) is 20.0. The Kier molecular flexibility index (Phi) is 7.05. The van der Waals surface area contributed by atoms with Gasteiger partial charge in [-0.15, -0.1) is 0 Å². The number of ether oxygens (including phenoxy) is 2. The molecule has 0 spiro atoms. The molecular formula is C21H27N11O9S. The van der Waals surface area contributed by atoms with Crippen LogP contribution in [0.2, 0.25) is 0 Å². The molecule has 20 nitrogen and oxygen atoms in total. The van der Waals surface area contributed by atoms with Gasteiger partial charge >= 0.3 is 0 Å². The van der Waals surface area contributed by atoms with Crippen molar-refractivity contribution in [1.82, 2.24) is 48.5 Å². The molecule has 0 amide bonds. The van der Waals surface area contributed by atoms with Gasteiger partial charge in [-0.3, -0.25) is 23.7 Å². The Bertz CT molecular complexity index is 1870. The van der Waals surface area contributed by atoms with Crippen molar-refractivity contribution in [3.05, 3.63) is 39.2 Å². The van der Waals surface area contributed by atoms with Crippen molar-refractivity contribution in [2.24, 2.45) is 0 Å². The van der Waals surface area contributed by atoms with E-state index in [1.54, 1.807) is 6.92 Å². The van der Waals surface area contributed by atoms with Crippen LogP contribution in [-0.4, -0.2) is 106 Å². The fourth-order valence-corrected chi connectivity index (χ4v) is 6.24. The molecule has 0 bridgehead atoms. The molecule has 2 fully saturated rings. The number of nitrogens with zero attached hydrogens (tertiary/aromatic N) is 6. The van der Waals surface area contributed by atoms with Crippen LogP contribution in [0.5, 0.6) is 0 Å². The van der Waals surface area contributed by atoms with E-state index in [0.717, 1.165) is 0 Å². The quantitative estimate of drug-likeness (QED) is 0.0941. The molecule has 0 radical (unpaired) electrons. The first kappa shape index (κ1) is 28.3. The van der Waals surface area contributed by atoms with Crippen molar-refractivity contribution in [3.8, 4) is 0 Å². The molecule has 0 aromatic carbocycles. The third-order valence-electron chi connectivity index (χ3n) is 7.12. The molecule has 0 unspecified atom stereocenters. The van der Waals surface area contributed by atoms with Gasteiger partial charge in [-0.2, -0.15) is 22.8 Å². The van der Waals surface area contributed by atoms with Gasteiger partial charge in [0.25, 0.3) is 21.3 Å². The van der Waals surface area contributed by atoms with Crippen LogP contribution in [0.3, 0.4) is 0 Å². The van der Waals surface area contributed by atoms with Crippen molar-refractivity contribution in [3.63, 3.8) is 0 Å². The number of aryl methyl sites for hydroxylation is 1. The van der Waals surface area contributed by atoms with Gasteiger partial charge in [-0.1, -0.05) is 0 Å². The second-order valence-corrected chi connectivity index (χ2v) is 11.5. The van der Waals surface area contributed by atoms with E-state index in [1.807, 2.05) is 0 Å². The van der Waals surface area contributed by atoms with E-state index in [4.69, 9.17) is 15.2 Å². The molecule has 4 aromatic heterocycles. The van der Waals surface area contributed by atoms with E-state index in [2.05, 4.69) is 39.3 Å². The lowest BCUT2D eigenvalue weighted by Crippen LogP contribution is -2.49. The number of nitrogens with one attached hydrogen (secondary N) is 4. The Morgan fingerprint density at radius 1 is 1.02 bits per heavy atom. The van der Waals surface area contributed by atoms with Gasteiger partial charge in [0.05, 0.1) is 31.4 Å². The van der Waals surface area contributed by atoms with Crippen LogP contribution in [0, 0.1) is 6.92 Å². The first-order valence-corrected chi connectivity index (χ1v) is 14.1. The summed E-state index contributed by atoms with van der Waals surface area (Å²) in [4.78, 5) is 45.4. The van der Waals surface area contributed by atoms with Crippen LogP contribution in [0.25, 0.3) is 22.3 Å². The summed E-state index contributed by atoms with van der Waals surface area (Å²) in [5.41, 5.74) is 4.85. The maximum Gasteiger partial charge on any atom is 0.280 e. The van der Waals surface area contributed by atoms with Gasteiger partial charge in [0.15, 0.2) is 28.6 Å². The summed E-state index contributed by atoms with van der Waals surface area (Å²) in [6, 6.07) is -0.910. The minimum absolute atomic E-state index is 0.00417. The monoisotopic (exact) mass is 609 g/mol. The third-order valence-corrected chi connectivity index (χ3v) is 8.28. The fraction of sp³-hybridized carbons (Fsp3) is 0.524. The van der Waals surface area contributed by atoms with Crippen molar-refractivity contribution < 1.29 is 33.2 Å². The lowest BCUT2D eigenvalue weighted by Gasteiger charge is -2.20. The van der Waals surface area contributed by atoms with E-state index >= 15 is 0 Å². The number of aromatic amines is 2. The zero-order valence-corrected chi connectivity index (χ0v) is 22.6. The molecule has 2 saturated heterocycles. The van der Waals surface area contributed by atoms with Crippen molar-refractivity contribution in [2.75, 3.05) is 18.9 Å². The number of nitrogen functional groups attached to an aromatic ring is 1. The lowest BCUT2D eigenvalue weighted by atomic mass is 10.1. The summed E-state index contributed by atoms with van der Waals surface area (Å²) in [7, 11) is -4.26. The van der Waals surface area contributed by atoms with E-state index < -0.39 is 77.4 Å². The highest BCUT2D eigenvalue weighted by Crippen LogP contribution is 2.32. The molecule has 2 aliphatic heterocycles. The number of hydrogen-bond acceptors (Lipinski definition) is 14. The minimum atomic E-state index is -4.26. The number of hydrogen-bond donors (Lipinski definition) is 8. The predicted molar refractivity (Wildman–Crippen MR) is 141 cm³/mol. The van der Waals surface area contributed by atoms with Crippen LogP contribution in [0.4, 0.5) is 5.95 Å². The van der Waals surface area contributed by atoms with Crippen LogP contribution in [0.1, 0.15) is 24.7 Å². The number of rotatable bonds is 8. The van der Waals surface area contributed by atoms with Gasteiger partial charge in [0.1, 0.15) is 30.4 Å². The number of aromatic nitrogens is 8. The summed E-state index contributed by atoms with van der Waals surface area (Å²) in [5, 5.41) is 31.1. The predicted octanol–water partition coefficient (Wildman–Crippen LogP) is -4.16. The average Bonchev–Trinajstić information content (AvgIpc) is 3.69. The summed E-state index contributed by atoms with van der Waals surface area (Å²) in [5.74, 6) is 0.157. The molecule has 21 heteroatoms. The van der Waals surface area contributed by atoms with Crippen LogP contribution in [0.15, 0.2) is 22.2 Å². The van der Waals surface area contributed by atoms with Gasteiger partial charge < -0.3 is 35.5 Å². The highest BCUT2D eigenvalue weighted by atomic mass is 32.2. The van der Waals surface area contributed by atoms with Gasteiger partial charge in [-0.25, -0.2) is 15.0 Å². The average molecular weight is 610 g/mol. The number of H-pyrrole nitrogens is 2.